The smallest absolute Gasteiger partial charge is 0.198 e. The fourth-order valence-corrected chi connectivity index (χ4v) is 3.76. The molecule has 0 amide bonds. The van der Waals surface area contributed by atoms with E-state index in [2.05, 4.69) is 5.10 Å². The number of ether oxygens (including phenoxy) is 2. The minimum atomic E-state index is -0.541. The predicted octanol–water partition coefficient (Wildman–Crippen LogP) is 5.42. The third-order valence-electron chi connectivity index (χ3n) is 5.12. The number of ketones is 1. The Morgan fingerprint density at radius 2 is 1.56 bits per heavy atom. The van der Waals surface area contributed by atoms with E-state index in [1.807, 2.05) is 24.3 Å². The van der Waals surface area contributed by atoms with Crippen LogP contribution in [0.25, 0.3) is 0 Å². The topological polar surface area (TPSA) is 54.4 Å². The molecule has 0 spiro atoms. The molecule has 3 aromatic carbocycles. The first-order valence-corrected chi connectivity index (χ1v) is 10.2. The van der Waals surface area contributed by atoms with Gasteiger partial charge in [-0.25, -0.2) is 9.40 Å². The van der Waals surface area contributed by atoms with Crippen LogP contribution in [0.1, 0.15) is 18.7 Å². The van der Waals surface area contributed by atoms with Crippen LogP contribution in [0.2, 0.25) is 5.02 Å². The fourth-order valence-electron chi connectivity index (χ4n) is 3.63. The van der Waals surface area contributed by atoms with Gasteiger partial charge in [0.05, 0.1) is 19.9 Å². The summed E-state index contributed by atoms with van der Waals surface area (Å²) in [5.74, 6) is 0.749. The summed E-state index contributed by atoms with van der Waals surface area (Å²) in [6, 6.07) is 18.6. The molecule has 0 aliphatic carbocycles. The van der Waals surface area contributed by atoms with Gasteiger partial charge in [0.25, 0.3) is 0 Å². The van der Waals surface area contributed by atoms with Crippen molar-refractivity contribution in [2.45, 2.75) is 13.1 Å². The van der Waals surface area contributed by atoms with Gasteiger partial charge < -0.3 is 9.47 Å². The van der Waals surface area contributed by atoms with Gasteiger partial charge in [-0.2, -0.15) is 0 Å². The average Bonchev–Trinajstić information content (AvgIpc) is 3.20. The standard InChI is InChI=1S/C24H21ClFN3O3/c1-15(30)23-27-29(20-9-5-17(25)6-10-20)24(28(23)19-11-7-18(26)8-12-19)16-4-13-21(31-2)22(14-16)32-3/h4-14,24H,1-3H3/t24-/m0/s1. The number of carbonyl (C=O) groups is 1. The molecule has 8 heteroatoms. The van der Waals surface area contributed by atoms with Crippen molar-refractivity contribution < 1.29 is 18.7 Å². The zero-order valence-electron chi connectivity index (χ0n) is 17.8. The Bertz CT molecular complexity index is 1170. The molecule has 1 aliphatic heterocycles. The first-order valence-electron chi connectivity index (χ1n) is 9.84. The van der Waals surface area contributed by atoms with Crippen molar-refractivity contribution in [1.29, 1.82) is 0 Å². The number of amidine groups is 1. The number of hydrogen-bond acceptors (Lipinski definition) is 6. The number of hydrazone groups is 1. The summed E-state index contributed by atoms with van der Waals surface area (Å²) >= 11 is 6.08. The van der Waals surface area contributed by atoms with E-state index in [4.69, 9.17) is 21.1 Å². The zero-order chi connectivity index (χ0) is 22.8. The molecular formula is C24H21ClFN3O3. The lowest BCUT2D eigenvalue weighted by Gasteiger charge is -2.32. The first kappa shape index (κ1) is 21.6. The Labute approximate surface area is 190 Å². The zero-order valence-corrected chi connectivity index (χ0v) is 18.5. The van der Waals surface area contributed by atoms with Gasteiger partial charge in [-0.1, -0.05) is 17.7 Å². The van der Waals surface area contributed by atoms with Crippen molar-refractivity contribution in [2.24, 2.45) is 5.10 Å². The van der Waals surface area contributed by atoms with Gasteiger partial charge in [0.2, 0.25) is 0 Å². The number of rotatable bonds is 6. The Balaban J connectivity index is 1.91. The average molecular weight is 454 g/mol. The summed E-state index contributed by atoms with van der Waals surface area (Å²) < 4.78 is 24.5. The van der Waals surface area contributed by atoms with E-state index < -0.39 is 6.17 Å². The quantitative estimate of drug-likeness (QED) is 0.498. The molecule has 1 atom stereocenters. The second-order valence-corrected chi connectivity index (χ2v) is 7.57. The minimum absolute atomic E-state index is 0.226. The number of carbonyl (C=O) groups excluding carboxylic acids is 1. The molecule has 0 N–H and O–H groups in total. The fraction of sp³-hybridized carbons (Fsp3) is 0.167. The van der Waals surface area contributed by atoms with Crippen molar-refractivity contribution in [3.8, 4) is 11.5 Å². The van der Waals surface area contributed by atoms with Gasteiger partial charge in [-0.3, -0.25) is 9.69 Å². The summed E-state index contributed by atoms with van der Waals surface area (Å²) in [7, 11) is 3.12. The number of Topliss-reactive ketones (excluding diaryl/α,β-unsaturated/α-hetero) is 1. The van der Waals surface area contributed by atoms with E-state index in [1.165, 1.54) is 19.1 Å². The van der Waals surface area contributed by atoms with Crippen molar-refractivity contribution >= 4 is 34.6 Å². The van der Waals surface area contributed by atoms with Crippen molar-refractivity contribution in [1.82, 2.24) is 0 Å². The van der Waals surface area contributed by atoms with Crippen LogP contribution in [-0.4, -0.2) is 25.8 Å². The lowest BCUT2D eigenvalue weighted by molar-refractivity contribution is -0.111. The number of nitrogens with zero attached hydrogens (tertiary/aromatic N) is 3. The van der Waals surface area contributed by atoms with Gasteiger partial charge in [-0.05, 0) is 60.7 Å². The van der Waals surface area contributed by atoms with E-state index in [-0.39, 0.29) is 17.4 Å². The van der Waals surface area contributed by atoms with E-state index in [1.54, 1.807) is 54.5 Å². The minimum Gasteiger partial charge on any atom is -0.493 e. The number of benzene rings is 3. The van der Waals surface area contributed by atoms with Crippen molar-refractivity contribution in [2.75, 3.05) is 24.1 Å². The van der Waals surface area contributed by atoms with E-state index in [9.17, 15) is 9.18 Å². The van der Waals surface area contributed by atoms with Crippen LogP contribution in [0.4, 0.5) is 15.8 Å². The maximum absolute atomic E-state index is 13.6. The summed E-state index contributed by atoms with van der Waals surface area (Å²) in [4.78, 5) is 14.4. The molecule has 0 aromatic heterocycles. The summed E-state index contributed by atoms with van der Waals surface area (Å²) in [6.07, 6.45) is -0.541. The molecule has 0 unspecified atom stereocenters. The highest BCUT2D eigenvalue weighted by Gasteiger charge is 2.39. The lowest BCUT2D eigenvalue weighted by Crippen LogP contribution is -2.37. The van der Waals surface area contributed by atoms with E-state index in [0.717, 1.165) is 11.3 Å². The highest BCUT2D eigenvalue weighted by atomic mass is 35.5. The number of anilines is 2. The SMILES string of the molecule is COc1ccc([C@@H]2N(c3ccc(Cl)cc3)N=C(C(C)=O)N2c2ccc(F)cc2)cc1OC. The maximum Gasteiger partial charge on any atom is 0.198 e. The van der Waals surface area contributed by atoms with E-state index in [0.29, 0.717) is 22.2 Å². The van der Waals surface area contributed by atoms with Crippen LogP contribution in [0.3, 0.4) is 0 Å². The van der Waals surface area contributed by atoms with Gasteiger partial charge in [0.1, 0.15) is 5.82 Å². The second-order valence-electron chi connectivity index (χ2n) is 7.14. The second kappa shape index (κ2) is 8.88. The van der Waals surface area contributed by atoms with Crippen LogP contribution < -0.4 is 19.4 Å². The highest BCUT2D eigenvalue weighted by molar-refractivity contribution is 6.44. The summed E-state index contributed by atoms with van der Waals surface area (Å²) in [6.45, 7) is 1.45. The Hall–Kier alpha value is -3.58. The molecule has 0 saturated heterocycles. The number of methoxy groups -OCH3 is 2. The number of hydrogen-bond donors (Lipinski definition) is 0. The molecule has 1 aliphatic rings. The highest BCUT2D eigenvalue weighted by Crippen LogP contribution is 2.41. The molecule has 0 radical (unpaired) electrons. The molecule has 0 fully saturated rings. The van der Waals surface area contributed by atoms with E-state index >= 15 is 0 Å². The molecule has 1 heterocycles. The third kappa shape index (κ3) is 3.99. The Morgan fingerprint density at radius 3 is 2.16 bits per heavy atom. The molecule has 0 bridgehead atoms. The van der Waals surface area contributed by atoms with Crippen molar-refractivity contribution in [3.05, 3.63) is 83.1 Å². The molecule has 6 nitrogen and oxygen atoms in total. The largest absolute Gasteiger partial charge is 0.493 e. The molecular weight excluding hydrogens is 433 g/mol. The van der Waals surface area contributed by atoms with Crippen LogP contribution >= 0.6 is 11.6 Å². The van der Waals surface area contributed by atoms with Crippen LogP contribution in [0, 0.1) is 5.82 Å². The van der Waals surface area contributed by atoms with Crippen LogP contribution in [-0.2, 0) is 4.79 Å². The van der Waals surface area contributed by atoms with Crippen molar-refractivity contribution in [3.63, 3.8) is 0 Å². The van der Waals surface area contributed by atoms with Crippen LogP contribution in [0.5, 0.6) is 11.5 Å². The van der Waals surface area contributed by atoms with Crippen LogP contribution in [0.15, 0.2) is 71.8 Å². The molecule has 0 saturated carbocycles. The first-order chi connectivity index (χ1) is 15.4. The normalized spacial score (nSPS) is 15.5. The van der Waals surface area contributed by atoms with Gasteiger partial charge in [0, 0.05) is 23.2 Å². The number of halogens is 2. The molecule has 4 rings (SSSR count). The molecule has 164 valence electrons. The Morgan fingerprint density at radius 1 is 0.938 bits per heavy atom. The summed E-state index contributed by atoms with van der Waals surface area (Å²) in [5.41, 5.74) is 2.15. The maximum atomic E-state index is 13.6. The monoisotopic (exact) mass is 453 g/mol. The summed E-state index contributed by atoms with van der Waals surface area (Å²) in [5, 5.41) is 6.96. The molecule has 32 heavy (non-hydrogen) atoms. The lowest BCUT2D eigenvalue weighted by atomic mass is 10.1. The molecule has 3 aromatic rings. The predicted molar refractivity (Wildman–Crippen MR) is 123 cm³/mol. The Kier molecular flexibility index (Phi) is 6.01. The van der Waals surface area contributed by atoms with Gasteiger partial charge in [0.15, 0.2) is 29.3 Å². The third-order valence-corrected chi connectivity index (χ3v) is 5.38. The van der Waals surface area contributed by atoms with Gasteiger partial charge in [-0.15, -0.1) is 5.10 Å². The van der Waals surface area contributed by atoms with Gasteiger partial charge >= 0.3 is 0 Å².